The molecular weight excluding hydrogens is 571 g/mol. The molecule has 3 aromatic heterocycles. The number of anilines is 1. The van der Waals surface area contributed by atoms with E-state index in [2.05, 4.69) is 32.5 Å². The molecule has 1 aromatic carbocycles. The predicted molar refractivity (Wildman–Crippen MR) is 157 cm³/mol. The standard InChI is InChI=1S/C32H34F3N7O2/c1-18-12-21(16-26(36)31(18)42-9-8-38-41-42)22-4-7-37-17-28(22)40-32(43)27-3-2-23(33)30(39-27)29-24(34)14-20(15-25(29)35)13-19-5-10-44-11-6-19/h2-4,7-9,14-15,17-19,21,26,31H,5-6,10-13,16,36H2,1H3,(H,40,43)/t18-,21+,26+,31-/m0/s1. The van der Waals surface area contributed by atoms with E-state index in [0.717, 1.165) is 30.9 Å². The van der Waals surface area contributed by atoms with E-state index in [1.54, 1.807) is 17.1 Å². The Morgan fingerprint density at radius 3 is 2.55 bits per heavy atom. The minimum absolute atomic E-state index is 0.00724. The summed E-state index contributed by atoms with van der Waals surface area (Å²) in [5.74, 6) is -3.00. The van der Waals surface area contributed by atoms with Crippen LogP contribution in [0.25, 0.3) is 11.3 Å². The Morgan fingerprint density at radius 2 is 1.84 bits per heavy atom. The molecule has 0 bridgehead atoms. The van der Waals surface area contributed by atoms with Crippen LogP contribution >= 0.6 is 0 Å². The van der Waals surface area contributed by atoms with Crippen molar-refractivity contribution in [1.29, 1.82) is 0 Å². The lowest BCUT2D eigenvalue weighted by atomic mass is 9.73. The molecule has 230 valence electrons. The number of aromatic nitrogens is 5. The SMILES string of the molecule is C[C@H]1C[C@@H](c2ccncc2NC(=O)c2ccc(F)c(-c3c(F)cc(CC4CCOCC4)cc3F)n2)C[C@@H](N)[C@H]1n1ccnn1. The molecule has 3 N–H and O–H groups in total. The average Bonchev–Trinajstić information content (AvgIpc) is 3.52. The monoisotopic (exact) mass is 605 g/mol. The highest BCUT2D eigenvalue weighted by Gasteiger charge is 2.37. The van der Waals surface area contributed by atoms with E-state index >= 15 is 8.78 Å². The van der Waals surface area contributed by atoms with Gasteiger partial charge in [0.15, 0.2) is 0 Å². The maximum atomic E-state index is 15.3. The fourth-order valence-electron chi connectivity index (χ4n) is 6.71. The van der Waals surface area contributed by atoms with Gasteiger partial charge in [-0.05, 0) is 91.3 Å². The number of hydrogen-bond donors (Lipinski definition) is 2. The number of halogens is 3. The van der Waals surface area contributed by atoms with Crippen LogP contribution in [-0.2, 0) is 11.2 Å². The fraction of sp³-hybridized carbons (Fsp3) is 0.406. The first-order valence-electron chi connectivity index (χ1n) is 14.9. The van der Waals surface area contributed by atoms with Crippen LogP contribution in [0.3, 0.4) is 0 Å². The lowest BCUT2D eigenvalue weighted by molar-refractivity contribution is 0.0665. The number of benzene rings is 1. The molecule has 0 unspecified atom stereocenters. The average molecular weight is 606 g/mol. The van der Waals surface area contributed by atoms with Crippen molar-refractivity contribution in [2.75, 3.05) is 18.5 Å². The summed E-state index contributed by atoms with van der Waals surface area (Å²) in [4.78, 5) is 21.6. The van der Waals surface area contributed by atoms with Gasteiger partial charge in [-0.15, -0.1) is 5.10 Å². The van der Waals surface area contributed by atoms with Crippen molar-refractivity contribution in [3.63, 3.8) is 0 Å². The Morgan fingerprint density at radius 1 is 1.07 bits per heavy atom. The van der Waals surface area contributed by atoms with E-state index in [1.165, 1.54) is 24.4 Å². The molecule has 0 spiro atoms. The summed E-state index contributed by atoms with van der Waals surface area (Å²) in [5, 5.41) is 10.9. The first kappa shape index (κ1) is 29.9. The maximum absolute atomic E-state index is 15.3. The molecule has 4 atom stereocenters. The van der Waals surface area contributed by atoms with E-state index in [0.29, 0.717) is 37.3 Å². The molecule has 4 aromatic rings. The van der Waals surface area contributed by atoms with Crippen LogP contribution in [0, 0.1) is 29.3 Å². The largest absolute Gasteiger partial charge is 0.381 e. The maximum Gasteiger partial charge on any atom is 0.274 e. The Kier molecular flexibility index (Phi) is 8.72. The number of nitrogens with one attached hydrogen (secondary N) is 1. The van der Waals surface area contributed by atoms with Crippen LogP contribution in [-0.4, -0.2) is 50.1 Å². The summed E-state index contributed by atoms with van der Waals surface area (Å²) < 4.78 is 52.6. The van der Waals surface area contributed by atoms with Gasteiger partial charge in [0.1, 0.15) is 28.8 Å². The molecule has 6 rings (SSSR count). The Balaban J connectivity index is 1.21. The van der Waals surface area contributed by atoms with Gasteiger partial charge in [-0.2, -0.15) is 0 Å². The number of ether oxygens (including phenoxy) is 1. The number of pyridine rings is 2. The molecule has 1 aliphatic carbocycles. The van der Waals surface area contributed by atoms with Crippen LogP contribution < -0.4 is 11.1 Å². The Hall–Kier alpha value is -4.16. The van der Waals surface area contributed by atoms with Gasteiger partial charge in [0.05, 0.1) is 29.7 Å². The van der Waals surface area contributed by atoms with E-state index in [9.17, 15) is 9.18 Å². The molecular formula is C32H34F3N7O2. The second-order valence-electron chi connectivity index (χ2n) is 11.8. The highest BCUT2D eigenvalue weighted by atomic mass is 19.1. The number of carbonyl (C=O) groups excluding carboxylic acids is 1. The molecule has 2 aliphatic rings. The molecule has 1 saturated carbocycles. The summed E-state index contributed by atoms with van der Waals surface area (Å²) in [6.07, 6.45) is 10.2. The van der Waals surface area contributed by atoms with Gasteiger partial charge >= 0.3 is 0 Å². The quantitative estimate of drug-likeness (QED) is 0.287. The summed E-state index contributed by atoms with van der Waals surface area (Å²) in [7, 11) is 0. The van der Waals surface area contributed by atoms with Gasteiger partial charge in [-0.25, -0.2) is 22.8 Å². The predicted octanol–water partition coefficient (Wildman–Crippen LogP) is 5.46. The van der Waals surface area contributed by atoms with Gasteiger partial charge in [-0.3, -0.25) is 9.78 Å². The molecule has 0 radical (unpaired) electrons. The van der Waals surface area contributed by atoms with Crippen LogP contribution in [0.4, 0.5) is 18.9 Å². The van der Waals surface area contributed by atoms with Crippen molar-refractivity contribution in [2.24, 2.45) is 17.6 Å². The zero-order chi connectivity index (χ0) is 30.8. The number of hydrogen-bond acceptors (Lipinski definition) is 7. The summed E-state index contributed by atoms with van der Waals surface area (Å²) in [5.41, 5.74) is 7.02. The molecule has 9 nitrogen and oxygen atoms in total. The van der Waals surface area contributed by atoms with Crippen molar-refractivity contribution in [2.45, 2.75) is 57.0 Å². The minimum Gasteiger partial charge on any atom is -0.381 e. The Labute approximate surface area is 253 Å². The van der Waals surface area contributed by atoms with E-state index in [4.69, 9.17) is 10.5 Å². The van der Waals surface area contributed by atoms with Crippen molar-refractivity contribution >= 4 is 11.6 Å². The van der Waals surface area contributed by atoms with Crippen molar-refractivity contribution in [3.8, 4) is 11.3 Å². The first-order valence-corrected chi connectivity index (χ1v) is 14.9. The summed E-state index contributed by atoms with van der Waals surface area (Å²) in [6.45, 7) is 3.35. The van der Waals surface area contributed by atoms with E-state index in [-0.39, 0.29) is 35.5 Å². The second kappa shape index (κ2) is 12.8. The fourth-order valence-corrected chi connectivity index (χ4v) is 6.71. The molecule has 44 heavy (non-hydrogen) atoms. The molecule has 1 saturated heterocycles. The first-order chi connectivity index (χ1) is 21.3. The number of amides is 1. The van der Waals surface area contributed by atoms with Gasteiger partial charge in [-0.1, -0.05) is 12.1 Å². The Bertz CT molecular complexity index is 1590. The number of nitrogens with two attached hydrogens (primary N) is 1. The lowest BCUT2D eigenvalue weighted by Crippen LogP contribution is -2.42. The van der Waals surface area contributed by atoms with Crippen molar-refractivity contribution < 1.29 is 22.7 Å². The number of rotatable bonds is 7. The minimum atomic E-state index is -0.939. The van der Waals surface area contributed by atoms with Crippen LogP contribution in [0.15, 0.2) is 55.1 Å². The molecule has 2 fully saturated rings. The highest BCUT2D eigenvalue weighted by Crippen LogP contribution is 2.43. The van der Waals surface area contributed by atoms with Gasteiger partial charge in [0.25, 0.3) is 5.91 Å². The third-order valence-electron chi connectivity index (χ3n) is 8.81. The van der Waals surface area contributed by atoms with Crippen LogP contribution in [0.1, 0.15) is 66.2 Å². The number of nitrogens with zero attached hydrogens (tertiary/aromatic N) is 5. The highest BCUT2D eigenvalue weighted by molar-refractivity contribution is 6.03. The van der Waals surface area contributed by atoms with Gasteiger partial charge < -0.3 is 15.8 Å². The van der Waals surface area contributed by atoms with E-state index < -0.39 is 34.6 Å². The number of carbonyl (C=O) groups is 1. The topological polar surface area (TPSA) is 121 Å². The molecule has 1 amide bonds. The molecule has 12 heteroatoms. The van der Waals surface area contributed by atoms with Crippen molar-refractivity contribution in [1.82, 2.24) is 25.0 Å². The normalized spacial score (nSPS) is 22.6. The van der Waals surface area contributed by atoms with Gasteiger partial charge in [0, 0.05) is 31.6 Å². The van der Waals surface area contributed by atoms with E-state index in [1.807, 2.05) is 12.3 Å². The zero-order valence-corrected chi connectivity index (χ0v) is 24.3. The summed E-state index contributed by atoms with van der Waals surface area (Å²) >= 11 is 0. The third-order valence-corrected chi connectivity index (χ3v) is 8.81. The third kappa shape index (κ3) is 6.22. The van der Waals surface area contributed by atoms with Gasteiger partial charge in [0.2, 0.25) is 0 Å². The zero-order valence-electron chi connectivity index (χ0n) is 24.3. The second-order valence-corrected chi connectivity index (χ2v) is 11.8. The van der Waals surface area contributed by atoms with Crippen LogP contribution in [0.2, 0.25) is 0 Å². The lowest BCUT2D eigenvalue weighted by Gasteiger charge is -2.39. The van der Waals surface area contributed by atoms with Crippen LogP contribution in [0.5, 0.6) is 0 Å². The van der Waals surface area contributed by atoms with Crippen molar-refractivity contribution in [3.05, 3.63) is 89.4 Å². The summed E-state index contributed by atoms with van der Waals surface area (Å²) in [6, 6.07) is 6.23. The smallest absolute Gasteiger partial charge is 0.274 e. The molecule has 4 heterocycles. The molecule has 1 aliphatic heterocycles.